The number of anilines is 1. The van der Waals surface area contributed by atoms with Gasteiger partial charge < -0.3 is 0 Å². The van der Waals surface area contributed by atoms with Gasteiger partial charge in [-0.3, -0.25) is 5.43 Å². The monoisotopic (exact) mass is 338 g/mol. The summed E-state index contributed by atoms with van der Waals surface area (Å²) in [4.78, 5) is 10.4. The van der Waals surface area contributed by atoms with Gasteiger partial charge >= 0.3 is 0 Å². The van der Waals surface area contributed by atoms with Crippen LogP contribution in [-0.4, -0.2) is 27.1 Å². The molecule has 24 heavy (non-hydrogen) atoms. The number of piperidine rings is 1. The van der Waals surface area contributed by atoms with E-state index in [4.69, 9.17) is 4.98 Å². The highest BCUT2D eigenvalue weighted by Crippen LogP contribution is 2.32. The van der Waals surface area contributed by atoms with Gasteiger partial charge in [-0.15, -0.1) is 11.3 Å². The first kappa shape index (κ1) is 15.5. The topological polar surface area (TPSA) is 41.0 Å². The number of hydrogen-bond donors (Lipinski definition) is 1. The van der Waals surface area contributed by atoms with Gasteiger partial charge in [-0.1, -0.05) is 24.6 Å². The molecule has 0 radical (unpaired) electrons. The molecule has 0 saturated carbocycles. The third-order valence-electron chi connectivity index (χ3n) is 4.76. The molecule has 1 aliphatic heterocycles. The summed E-state index contributed by atoms with van der Waals surface area (Å²) in [7, 11) is 0. The summed E-state index contributed by atoms with van der Waals surface area (Å²) in [5.41, 5.74) is 4.42. The van der Waals surface area contributed by atoms with Gasteiger partial charge in [0.25, 0.3) is 0 Å². The van der Waals surface area contributed by atoms with Crippen molar-refractivity contribution in [2.75, 3.05) is 5.43 Å². The van der Waals surface area contributed by atoms with Crippen molar-refractivity contribution >= 4 is 27.4 Å². The van der Waals surface area contributed by atoms with Gasteiger partial charge in [0, 0.05) is 23.0 Å². The maximum absolute atomic E-state index is 4.75. The molecule has 3 aromatic rings. The molecule has 1 aliphatic rings. The van der Waals surface area contributed by atoms with Gasteiger partial charge in [0.2, 0.25) is 5.95 Å². The Morgan fingerprint density at radius 2 is 1.92 bits per heavy atom. The summed E-state index contributed by atoms with van der Waals surface area (Å²) < 4.78 is 1.29. The molecule has 1 saturated heterocycles. The first-order valence-electron chi connectivity index (χ1n) is 8.58. The second kappa shape index (κ2) is 6.49. The first-order chi connectivity index (χ1) is 11.7. The largest absolute Gasteiger partial charge is 0.286 e. The van der Waals surface area contributed by atoms with E-state index in [9.17, 15) is 0 Å². The zero-order chi connectivity index (χ0) is 16.5. The van der Waals surface area contributed by atoms with Gasteiger partial charge in [-0.25, -0.2) is 15.0 Å². The van der Waals surface area contributed by atoms with Crippen LogP contribution in [0.3, 0.4) is 0 Å². The molecular weight excluding hydrogens is 316 g/mol. The van der Waals surface area contributed by atoms with Crippen molar-refractivity contribution in [2.45, 2.75) is 45.2 Å². The lowest BCUT2D eigenvalue weighted by Gasteiger charge is -2.38. The summed E-state index contributed by atoms with van der Waals surface area (Å²) in [6.07, 6.45) is 5.57. The van der Waals surface area contributed by atoms with E-state index in [1.807, 2.05) is 12.3 Å². The number of hydrazine groups is 1. The second-order valence-electron chi connectivity index (χ2n) is 6.56. The number of fused-ring (bicyclic) bond motifs is 1. The van der Waals surface area contributed by atoms with Crippen molar-refractivity contribution in [2.24, 2.45) is 0 Å². The zero-order valence-corrected chi connectivity index (χ0v) is 14.9. The molecule has 3 heterocycles. The Balaban J connectivity index is 1.61. The van der Waals surface area contributed by atoms with Crippen molar-refractivity contribution in [3.63, 3.8) is 0 Å². The minimum atomic E-state index is 0.505. The van der Waals surface area contributed by atoms with E-state index in [2.05, 4.69) is 59.6 Å². The molecule has 1 aromatic carbocycles. The lowest BCUT2D eigenvalue weighted by atomic mass is 10.00. The summed E-state index contributed by atoms with van der Waals surface area (Å²) >= 11 is 1.77. The van der Waals surface area contributed by atoms with E-state index >= 15 is 0 Å². The van der Waals surface area contributed by atoms with Crippen LogP contribution in [0, 0.1) is 0 Å². The predicted molar refractivity (Wildman–Crippen MR) is 101 cm³/mol. The van der Waals surface area contributed by atoms with E-state index < -0.39 is 0 Å². The Labute approximate surface area is 146 Å². The average molecular weight is 338 g/mol. The number of rotatable bonds is 3. The number of nitrogens with one attached hydrogen (secondary N) is 1. The van der Waals surface area contributed by atoms with Crippen LogP contribution in [0.1, 0.15) is 33.1 Å². The fourth-order valence-corrected chi connectivity index (χ4v) is 4.45. The van der Waals surface area contributed by atoms with Crippen molar-refractivity contribution in [3.05, 3.63) is 42.6 Å². The lowest BCUT2D eigenvalue weighted by Crippen LogP contribution is -2.47. The number of thiophene rings is 1. The number of hydrogen-bond acceptors (Lipinski definition) is 5. The highest BCUT2D eigenvalue weighted by atomic mass is 32.1. The van der Waals surface area contributed by atoms with Crippen molar-refractivity contribution < 1.29 is 0 Å². The normalized spacial score (nSPS) is 21.9. The number of aromatic nitrogens is 2. The molecule has 2 aromatic heterocycles. The molecule has 0 aliphatic carbocycles. The molecule has 2 unspecified atom stereocenters. The Hall–Kier alpha value is -1.98. The molecule has 0 spiro atoms. The fourth-order valence-electron chi connectivity index (χ4n) is 3.42. The minimum Gasteiger partial charge on any atom is -0.286 e. The SMILES string of the molecule is CC1CCCC(C)N1Nc1nccc(-c2cc3ccccc3s2)n1. The molecule has 1 fully saturated rings. The van der Waals surface area contributed by atoms with Crippen LogP contribution in [0.4, 0.5) is 5.95 Å². The van der Waals surface area contributed by atoms with Gasteiger partial charge in [-0.05, 0) is 50.3 Å². The smallest absolute Gasteiger partial charge is 0.238 e. The minimum absolute atomic E-state index is 0.505. The van der Waals surface area contributed by atoms with Gasteiger partial charge in [0.15, 0.2) is 0 Å². The highest BCUT2D eigenvalue weighted by Gasteiger charge is 2.25. The molecule has 4 nitrogen and oxygen atoms in total. The summed E-state index contributed by atoms with van der Waals surface area (Å²) in [6.45, 7) is 4.52. The van der Waals surface area contributed by atoms with E-state index in [1.54, 1.807) is 11.3 Å². The molecular formula is C19H22N4S. The molecule has 1 N–H and O–H groups in total. The second-order valence-corrected chi connectivity index (χ2v) is 7.65. The Kier molecular flexibility index (Phi) is 4.21. The predicted octanol–water partition coefficient (Wildman–Crippen LogP) is 4.95. The molecule has 0 bridgehead atoms. The standard InChI is InChI=1S/C19H22N4S/c1-13-6-5-7-14(2)23(13)22-19-20-11-10-16(21-19)18-12-15-8-3-4-9-17(15)24-18/h3-4,8-14H,5-7H2,1-2H3,(H,20,21,22). The quantitative estimate of drug-likeness (QED) is 0.734. The van der Waals surface area contributed by atoms with Crippen LogP contribution >= 0.6 is 11.3 Å². The summed E-state index contributed by atoms with van der Waals surface area (Å²) in [5.74, 6) is 0.686. The maximum atomic E-state index is 4.75. The van der Waals surface area contributed by atoms with Gasteiger partial charge in [-0.2, -0.15) is 0 Å². The third kappa shape index (κ3) is 3.01. The maximum Gasteiger partial charge on any atom is 0.238 e. The zero-order valence-electron chi connectivity index (χ0n) is 14.1. The lowest BCUT2D eigenvalue weighted by molar-refractivity contribution is 0.134. The molecule has 5 heteroatoms. The van der Waals surface area contributed by atoms with Crippen molar-refractivity contribution in [1.82, 2.24) is 15.0 Å². The average Bonchev–Trinajstić information content (AvgIpc) is 3.03. The van der Waals surface area contributed by atoms with Crippen molar-refractivity contribution in [1.29, 1.82) is 0 Å². The number of nitrogens with zero attached hydrogens (tertiary/aromatic N) is 3. The summed E-state index contributed by atoms with van der Waals surface area (Å²) in [5, 5.41) is 3.57. The Morgan fingerprint density at radius 1 is 1.12 bits per heavy atom. The van der Waals surface area contributed by atoms with Crippen LogP contribution in [0.15, 0.2) is 42.6 Å². The molecule has 0 amide bonds. The molecule has 2 atom stereocenters. The Bertz CT molecular complexity index is 801. The van der Waals surface area contributed by atoms with Crippen LogP contribution < -0.4 is 5.43 Å². The third-order valence-corrected chi connectivity index (χ3v) is 5.89. The fraction of sp³-hybridized carbons (Fsp3) is 0.368. The van der Waals surface area contributed by atoms with Crippen LogP contribution in [0.25, 0.3) is 20.7 Å². The van der Waals surface area contributed by atoms with Gasteiger partial charge in [0.1, 0.15) is 0 Å². The van der Waals surface area contributed by atoms with Gasteiger partial charge in [0.05, 0.1) is 10.6 Å². The van der Waals surface area contributed by atoms with Crippen LogP contribution in [0.5, 0.6) is 0 Å². The Morgan fingerprint density at radius 3 is 2.71 bits per heavy atom. The van der Waals surface area contributed by atoms with Crippen LogP contribution in [0.2, 0.25) is 0 Å². The van der Waals surface area contributed by atoms with E-state index in [0.29, 0.717) is 18.0 Å². The number of benzene rings is 1. The van der Waals surface area contributed by atoms with E-state index in [1.165, 1.54) is 34.2 Å². The van der Waals surface area contributed by atoms with E-state index in [-0.39, 0.29) is 0 Å². The first-order valence-corrected chi connectivity index (χ1v) is 9.39. The molecule has 124 valence electrons. The summed E-state index contributed by atoms with van der Waals surface area (Å²) in [6, 6.07) is 13.7. The highest BCUT2D eigenvalue weighted by molar-refractivity contribution is 7.22. The molecule has 4 rings (SSSR count). The van der Waals surface area contributed by atoms with Crippen molar-refractivity contribution in [3.8, 4) is 10.6 Å². The van der Waals surface area contributed by atoms with E-state index in [0.717, 1.165) is 5.69 Å². The van der Waals surface area contributed by atoms with Crippen LogP contribution in [-0.2, 0) is 0 Å².